The first-order valence-corrected chi connectivity index (χ1v) is 4.77. The normalized spacial score (nSPS) is 9.73. The van der Waals surface area contributed by atoms with E-state index in [9.17, 15) is 4.79 Å². The van der Waals surface area contributed by atoms with Gasteiger partial charge in [-0.3, -0.25) is 0 Å². The summed E-state index contributed by atoms with van der Waals surface area (Å²) in [5.41, 5.74) is 0. The van der Waals surface area contributed by atoms with Gasteiger partial charge in [-0.15, -0.1) is 0 Å². The Morgan fingerprint density at radius 3 is 2.40 bits per heavy atom. The van der Waals surface area contributed by atoms with Crippen LogP contribution in [-0.4, -0.2) is 46.1 Å². The van der Waals surface area contributed by atoms with Crippen LogP contribution >= 0.6 is 0 Å². The first-order valence-electron chi connectivity index (χ1n) is 4.77. The van der Waals surface area contributed by atoms with Crippen molar-refractivity contribution in [3.8, 4) is 0 Å². The van der Waals surface area contributed by atoms with Crippen LogP contribution < -0.4 is 0 Å². The van der Waals surface area contributed by atoms with Gasteiger partial charge in [-0.05, 0) is 13.5 Å². The number of esters is 1. The Morgan fingerprint density at radius 2 is 1.80 bits per heavy atom. The molecule has 0 spiro atoms. The molecule has 0 N–H and O–H groups in total. The summed E-state index contributed by atoms with van der Waals surface area (Å²) in [5.74, 6) is -0.526. The number of rotatable bonds is 9. The van der Waals surface area contributed by atoms with E-state index in [-0.39, 0.29) is 12.4 Å². The Hall–Kier alpha value is -1.07. The van der Waals surface area contributed by atoms with Crippen LogP contribution in [0.5, 0.6) is 0 Å². The van der Waals surface area contributed by atoms with Crippen LogP contribution in [0.15, 0.2) is 12.3 Å². The lowest BCUT2D eigenvalue weighted by molar-refractivity contribution is -0.142. The summed E-state index contributed by atoms with van der Waals surface area (Å²) >= 11 is 0. The number of hydrogen-bond donors (Lipinski definition) is 0. The molecule has 0 aliphatic heterocycles. The van der Waals surface area contributed by atoms with Crippen LogP contribution in [0.2, 0.25) is 0 Å². The molecular weight excluding hydrogens is 200 g/mol. The second kappa shape index (κ2) is 9.48. The first kappa shape index (κ1) is 13.9. The first-order chi connectivity index (χ1) is 7.22. The molecule has 15 heavy (non-hydrogen) atoms. The average molecular weight is 218 g/mol. The molecule has 0 aliphatic rings. The summed E-state index contributed by atoms with van der Waals surface area (Å²) < 4.78 is 19.6. The van der Waals surface area contributed by atoms with Crippen LogP contribution in [-0.2, 0) is 23.7 Å². The summed E-state index contributed by atoms with van der Waals surface area (Å²) in [5, 5.41) is 0. The lowest BCUT2D eigenvalue weighted by Crippen LogP contribution is -2.13. The van der Waals surface area contributed by atoms with Gasteiger partial charge < -0.3 is 18.9 Å². The van der Waals surface area contributed by atoms with Gasteiger partial charge in [0.1, 0.15) is 6.61 Å². The SMILES string of the molecule is C=C(OCCOCCOC)C(=O)OCC. The molecule has 0 saturated carbocycles. The van der Waals surface area contributed by atoms with Crippen molar-refractivity contribution in [1.29, 1.82) is 0 Å². The van der Waals surface area contributed by atoms with Gasteiger partial charge in [-0.25, -0.2) is 4.79 Å². The highest BCUT2D eigenvalue weighted by molar-refractivity contribution is 5.85. The van der Waals surface area contributed by atoms with Crippen molar-refractivity contribution in [2.75, 3.05) is 40.1 Å². The molecule has 0 radical (unpaired) electrons. The highest BCUT2D eigenvalue weighted by Crippen LogP contribution is 1.96. The van der Waals surface area contributed by atoms with Gasteiger partial charge in [0, 0.05) is 7.11 Å². The van der Waals surface area contributed by atoms with E-state index in [1.54, 1.807) is 14.0 Å². The molecule has 0 aliphatic carbocycles. The molecule has 0 bridgehead atoms. The average Bonchev–Trinajstić information content (AvgIpc) is 2.23. The van der Waals surface area contributed by atoms with Gasteiger partial charge in [0.15, 0.2) is 5.76 Å². The van der Waals surface area contributed by atoms with E-state index in [4.69, 9.17) is 14.2 Å². The Labute approximate surface area is 89.9 Å². The predicted octanol–water partition coefficient (Wildman–Crippen LogP) is 0.743. The number of carbonyl (C=O) groups excluding carboxylic acids is 1. The molecule has 0 rings (SSSR count). The van der Waals surface area contributed by atoms with Crippen LogP contribution in [0, 0.1) is 0 Å². The summed E-state index contributed by atoms with van der Waals surface area (Å²) in [7, 11) is 1.60. The third-order valence-corrected chi connectivity index (χ3v) is 1.44. The Balaban J connectivity index is 3.35. The van der Waals surface area contributed by atoms with E-state index in [0.29, 0.717) is 26.4 Å². The molecule has 0 aromatic rings. The van der Waals surface area contributed by atoms with Crippen molar-refractivity contribution in [2.45, 2.75) is 6.92 Å². The maximum atomic E-state index is 11.0. The largest absolute Gasteiger partial charge is 0.485 e. The topological polar surface area (TPSA) is 54.0 Å². The molecule has 88 valence electrons. The zero-order chi connectivity index (χ0) is 11.5. The maximum Gasteiger partial charge on any atom is 0.372 e. The summed E-state index contributed by atoms with van der Waals surface area (Å²) in [6.45, 7) is 7.18. The monoisotopic (exact) mass is 218 g/mol. The zero-order valence-electron chi connectivity index (χ0n) is 9.28. The fraction of sp³-hybridized carbons (Fsp3) is 0.700. The van der Waals surface area contributed by atoms with Gasteiger partial charge >= 0.3 is 5.97 Å². The van der Waals surface area contributed by atoms with Crippen LogP contribution in [0.25, 0.3) is 0 Å². The summed E-state index contributed by atoms with van der Waals surface area (Å²) in [6.07, 6.45) is 0. The number of ether oxygens (including phenoxy) is 4. The van der Waals surface area contributed by atoms with Gasteiger partial charge in [-0.1, -0.05) is 0 Å². The summed E-state index contributed by atoms with van der Waals surface area (Å²) in [4.78, 5) is 11.0. The van der Waals surface area contributed by atoms with Crippen molar-refractivity contribution in [2.24, 2.45) is 0 Å². The standard InChI is InChI=1S/C10H18O5/c1-4-14-10(11)9(2)15-8-7-13-6-5-12-3/h2,4-8H2,1,3H3. The second-order valence-corrected chi connectivity index (χ2v) is 2.60. The van der Waals surface area contributed by atoms with E-state index in [2.05, 4.69) is 11.3 Å². The third kappa shape index (κ3) is 7.96. The number of hydrogen-bond acceptors (Lipinski definition) is 5. The fourth-order valence-corrected chi connectivity index (χ4v) is 0.739. The van der Waals surface area contributed by atoms with Crippen LogP contribution in [0.4, 0.5) is 0 Å². The van der Waals surface area contributed by atoms with Gasteiger partial charge in [0.2, 0.25) is 0 Å². The molecule has 5 nitrogen and oxygen atoms in total. The predicted molar refractivity (Wildman–Crippen MR) is 54.4 cm³/mol. The van der Waals surface area contributed by atoms with Crippen molar-refractivity contribution < 1.29 is 23.7 Å². The van der Waals surface area contributed by atoms with E-state index in [1.807, 2.05) is 0 Å². The Kier molecular flexibility index (Phi) is 8.81. The Morgan fingerprint density at radius 1 is 1.13 bits per heavy atom. The van der Waals surface area contributed by atoms with Crippen molar-refractivity contribution in [3.63, 3.8) is 0 Å². The van der Waals surface area contributed by atoms with E-state index in [1.165, 1.54) is 0 Å². The zero-order valence-corrected chi connectivity index (χ0v) is 9.28. The molecular formula is C10H18O5. The number of carbonyl (C=O) groups is 1. The third-order valence-electron chi connectivity index (χ3n) is 1.44. The van der Waals surface area contributed by atoms with Gasteiger partial charge in [0.05, 0.1) is 26.4 Å². The molecule has 0 atom stereocenters. The number of methoxy groups -OCH3 is 1. The lowest BCUT2D eigenvalue weighted by Gasteiger charge is -2.08. The van der Waals surface area contributed by atoms with E-state index >= 15 is 0 Å². The molecule has 0 aromatic heterocycles. The molecule has 0 aromatic carbocycles. The minimum atomic E-state index is -0.533. The summed E-state index contributed by atoms with van der Waals surface area (Å²) in [6, 6.07) is 0. The molecule has 0 fully saturated rings. The molecule has 0 saturated heterocycles. The van der Waals surface area contributed by atoms with E-state index in [0.717, 1.165) is 0 Å². The molecule has 0 unspecified atom stereocenters. The minimum absolute atomic E-state index is 0.00666. The van der Waals surface area contributed by atoms with Gasteiger partial charge in [-0.2, -0.15) is 0 Å². The highest BCUT2D eigenvalue weighted by atomic mass is 16.6. The highest BCUT2D eigenvalue weighted by Gasteiger charge is 2.07. The second-order valence-electron chi connectivity index (χ2n) is 2.60. The lowest BCUT2D eigenvalue weighted by atomic mass is 10.5. The molecule has 0 amide bonds. The quantitative estimate of drug-likeness (QED) is 0.247. The fourth-order valence-electron chi connectivity index (χ4n) is 0.739. The van der Waals surface area contributed by atoms with Gasteiger partial charge in [0.25, 0.3) is 0 Å². The smallest absolute Gasteiger partial charge is 0.372 e. The van der Waals surface area contributed by atoms with E-state index < -0.39 is 5.97 Å². The molecule has 5 heteroatoms. The van der Waals surface area contributed by atoms with Crippen molar-refractivity contribution in [3.05, 3.63) is 12.3 Å². The van der Waals surface area contributed by atoms with Crippen molar-refractivity contribution >= 4 is 5.97 Å². The van der Waals surface area contributed by atoms with Crippen LogP contribution in [0.1, 0.15) is 6.92 Å². The minimum Gasteiger partial charge on any atom is -0.485 e. The molecule has 0 heterocycles. The maximum absolute atomic E-state index is 11.0. The van der Waals surface area contributed by atoms with Crippen molar-refractivity contribution in [1.82, 2.24) is 0 Å². The Bertz CT molecular complexity index is 190. The van der Waals surface area contributed by atoms with Crippen LogP contribution in [0.3, 0.4) is 0 Å².